The number of aromatic nitrogens is 3. The molecule has 19 heavy (non-hydrogen) atoms. The molecule has 100 valence electrons. The predicted octanol–water partition coefficient (Wildman–Crippen LogP) is 1.29. The summed E-state index contributed by atoms with van der Waals surface area (Å²) in [6.07, 6.45) is 1.37. The van der Waals surface area contributed by atoms with Gasteiger partial charge in [0.15, 0.2) is 0 Å². The largest absolute Gasteiger partial charge is 0.364 e. The Hall–Kier alpha value is -1.89. The van der Waals surface area contributed by atoms with Gasteiger partial charge in [-0.3, -0.25) is 9.48 Å². The molecule has 2 aromatic rings. The van der Waals surface area contributed by atoms with Crippen molar-refractivity contribution >= 4 is 27.5 Å². The van der Waals surface area contributed by atoms with E-state index in [4.69, 9.17) is 0 Å². The quantitative estimate of drug-likeness (QED) is 0.925. The number of aryl methyl sites for hydroxylation is 2. The van der Waals surface area contributed by atoms with E-state index in [0.717, 1.165) is 10.0 Å². The first-order valence-corrected chi connectivity index (χ1v) is 6.41. The monoisotopic (exact) mass is 324 g/mol. The van der Waals surface area contributed by atoms with Gasteiger partial charge in [0.05, 0.1) is 0 Å². The molecule has 0 aliphatic heterocycles. The number of anilines is 1. The van der Waals surface area contributed by atoms with Crippen LogP contribution in [0.3, 0.4) is 0 Å². The Morgan fingerprint density at radius 1 is 1.47 bits per heavy atom. The minimum atomic E-state index is -0.440. The third-order valence-corrected chi connectivity index (χ3v) is 3.56. The molecule has 1 heterocycles. The van der Waals surface area contributed by atoms with Crippen molar-refractivity contribution in [3.8, 4) is 0 Å². The van der Waals surface area contributed by atoms with Gasteiger partial charge in [-0.2, -0.15) is 4.98 Å². The molecule has 0 unspecified atom stereocenters. The Labute approximate surface area is 118 Å². The second-order valence-corrected chi connectivity index (χ2v) is 5.02. The standard InChI is InChI=1S/C12H13BrN4O2/c1-8-5-9(3-4-10(8)13)15-11(18)6-17-12(19)14-7-16(17)2/h3-5,7H,6H2,1-2H3,(H,15,18). The molecule has 0 saturated carbocycles. The fraction of sp³-hybridized carbons (Fsp3) is 0.250. The van der Waals surface area contributed by atoms with Gasteiger partial charge in [0.1, 0.15) is 12.9 Å². The van der Waals surface area contributed by atoms with Crippen molar-refractivity contribution in [1.82, 2.24) is 14.3 Å². The van der Waals surface area contributed by atoms with Crippen molar-refractivity contribution in [2.75, 3.05) is 5.32 Å². The van der Waals surface area contributed by atoms with E-state index < -0.39 is 5.69 Å². The van der Waals surface area contributed by atoms with Crippen LogP contribution in [-0.2, 0) is 18.4 Å². The number of nitrogens with one attached hydrogen (secondary N) is 1. The van der Waals surface area contributed by atoms with E-state index >= 15 is 0 Å². The van der Waals surface area contributed by atoms with Crippen LogP contribution in [0.4, 0.5) is 5.69 Å². The van der Waals surface area contributed by atoms with Crippen LogP contribution in [0.2, 0.25) is 0 Å². The fourth-order valence-electron chi connectivity index (χ4n) is 1.64. The fourth-order valence-corrected chi connectivity index (χ4v) is 1.88. The normalized spacial score (nSPS) is 10.5. The Balaban J connectivity index is 2.09. The van der Waals surface area contributed by atoms with Gasteiger partial charge in [0.2, 0.25) is 5.91 Å². The van der Waals surface area contributed by atoms with Gasteiger partial charge in [-0.15, -0.1) is 0 Å². The molecule has 0 fully saturated rings. The number of hydrogen-bond donors (Lipinski definition) is 1. The number of rotatable bonds is 3. The topological polar surface area (TPSA) is 68.9 Å². The lowest BCUT2D eigenvalue weighted by Crippen LogP contribution is -2.29. The summed E-state index contributed by atoms with van der Waals surface area (Å²) in [6.45, 7) is 1.87. The highest BCUT2D eigenvalue weighted by Gasteiger charge is 2.08. The molecule has 0 aliphatic carbocycles. The molecule has 0 bridgehead atoms. The van der Waals surface area contributed by atoms with Gasteiger partial charge in [-0.05, 0) is 30.7 Å². The van der Waals surface area contributed by atoms with E-state index in [2.05, 4.69) is 26.2 Å². The lowest BCUT2D eigenvalue weighted by atomic mass is 10.2. The molecule has 1 aromatic heterocycles. The zero-order valence-corrected chi connectivity index (χ0v) is 12.1. The zero-order valence-electron chi connectivity index (χ0n) is 10.6. The minimum Gasteiger partial charge on any atom is -0.324 e. The van der Waals surface area contributed by atoms with Crippen LogP contribution in [0.25, 0.3) is 0 Å². The second-order valence-electron chi connectivity index (χ2n) is 4.17. The summed E-state index contributed by atoms with van der Waals surface area (Å²) >= 11 is 3.39. The first-order chi connectivity index (χ1) is 8.97. The van der Waals surface area contributed by atoms with Crippen molar-refractivity contribution in [2.24, 2.45) is 7.05 Å². The number of hydrogen-bond acceptors (Lipinski definition) is 3. The lowest BCUT2D eigenvalue weighted by molar-refractivity contribution is -0.117. The number of benzene rings is 1. The Kier molecular flexibility index (Phi) is 3.84. The summed E-state index contributed by atoms with van der Waals surface area (Å²) in [5, 5.41) is 2.74. The van der Waals surface area contributed by atoms with Gasteiger partial charge in [0.25, 0.3) is 0 Å². The molecule has 2 rings (SSSR count). The van der Waals surface area contributed by atoms with E-state index in [9.17, 15) is 9.59 Å². The van der Waals surface area contributed by atoms with Gasteiger partial charge in [-0.1, -0.05) is 15.9 Å². The van der Waals surface area contributed by atoms with Crippen LogP contribution in [0, 0.1) is 6.92 Å². The smallest absolute Gasteiger partial charge is 0.324 e. The maximum absolute atomic E-state index is 11.9. The van der Waals surface area contributed by atoms with Crippen molar-refractivity contribution in [3.63, 3.8) is 0 Å². The highest BCUT2D eigenvalue weighted by molar-refractivity contribution is 9.10. The molecule has 1 aromatic carbocycles. The highest BCUT2D eigenvalue weighted by atomic mass is 79.9. The number of carbonyl (C=O) groups is 1. The molecule has 0 spiro atoms. The maximum Gasteiger partial charge on any atom is 0.364 e. The number of nitrogens with zero attached hydrogens (tertiary/aromatic N) is 3. The molecule has 6 nitrogen and oxygen atoms in total. The number of carbonyl (C=O) groups excluding carboxylic acids is 1. The molecule has 0 saturated heterocycles. The first kappa shape index (κ1) is 13.5. The van der Waals surface area contributed by atoms with Gasteiger partial charge >= 0.3 is 5.69 Å². The van der Waals surface area contributed by atoms with E-state index in [-0.39, 0.29) is 12.5 Å². The summed E-state index contributed by atoms with van der Waals surface area (Å²) in [7, 11) is 1.66. The molecule has 0 aliphatic rings. The summed E-state index contributed by atoms with van der Waals surface area (Å²) in [5.74, 6) is -0.271. The molecular weight excluding hydrogens is 312 g/mol. The van der Waals surface area contributed by atoms with Crippen molar-refractivity contribution in [1.29, 1.82) is 0 Å². The van der Waals surface area contributed by atoms with Crippen LogP contribution < -0.4 is 11.0 Å². The van der Waals surface area contributed by atoms with Crippen LogP contribution in [0.1, 0.15) is 5.56 Å². The Morgan fingerprint density at radius 3 is 2.79 bits per heavy atom. The van der Waals surface area contributed by atoms with Gasteiger partial charge in [-0.25, -0.2) is 9.48 Å². The van der Waals surface area contributed by atoms with E-state index in [0.29, 0.717) is 5.69 Å². The Morgan fingerprint density at radius 2 is 2.21 bits per heavy atom. The summed E-state index contributed by atoms with van der Waals surface area (Å²) < 4.78 is 3.71. The molecule has 1 amide bonds. The lowest BCUT2D eigenvalue weighted by Gasteiger charge is -2.08. The SMILES string of the molecule is Cc1cc(NC(=O)Cn2c(=O)ncn2C)ccc1Br. The zero-order chi connectivity index (χ0) is 14.0. The molecular formula is C12H13BrN4O2. The highest BCUT2D eigenvalue weighted by Crippen LogP contribution is 2.19. The molecule has 0 radical (unpaired) electrons. The number of halogens is 1. The van der Waals surface area contributed by atoms with Crippen LogP contribution >= 0.6 is 15.9 Å². The van der Waals surface area contributed by atoms with E-state index in [1.807, 2.05) is 19.1 Å². The van der Waals surface area contributed by atoms with E-state index in [1.165, 1.54) is 15.7 Å². The van der Waals surface area contributed by atoms with Crippen molar-refractivity contribution in [3.05, 3.63) is 45.0 Å². The third-order valence-electron chi connectivity index (χ3n) is 2.67. The van der Waals surface area contributed by atoms with E-state index in [1.54, 1.807) is 13.1 Å². The molecule has 1 N–H and O–H groups in total. The van der Waals surface area contributed by atoms with Crippen LogP contribution in [-0.4, -0.2) is 20.3 Å². The average Bonchev–Trinajstić information content (AvgIpc) is 2.66. The predicted molar refractivity (Wildman–Crippen MR) is 75.0 cm³/mol. The maximum atomic E-state index is 11.9. The van der Waals surface area contributed by atoms with Crippen LogP contribution in [0.5, 0.6) is 0 Å². The summed E-state index contributed by atoms with van der Waals surface area (Å²) in [4.78, 5) is 26.8. The third kappa shape index (κ3) is 3.11. The van der Waals surface area contributed by atoms with Crippen LogP contribution in [0.15, 0.2) is 33.8 Å². The minimum absolute atomic E-state index is 0.0650. The molecule has 0 atom stereocenters. The van der Waals surface area contributed by atoms with Crippen molar-refractivity contribution < 1.29 is 4.79 Å². The first-order valence-electron chi connectivity index (χ1n) is 5.62. The summed E-state index contributed by atoms with van der Waals surface area (Å²) in [5.41, 5.74) is 1.28. The molecule has 7 heteroatoms. The van der Waals surface area contributed by atoms with Crippen molar-refractivity contribution in [2.45, 2.75) is 13.5 Å². The number of amides is 1. The van der Waals surface area contributed by atoms with Gasteiger partial charge < -0.3 is 5.32 Å². The Bertz CT molecular complexity index is 675. The average molecular weight is 325 g/mol. The van der Waals surface area contributed by atoms with Gasteiger partial charge in [0, 0.05) is 17.2 Å². The summed E-state index contributed by atoms with van der Waals surface area (Å²) in [6, 6.07) is 5.51. The second kappa shape index (κ2) is 5.40.